The van der Waals surface area contributed by atoms with Crippen molar-refractivity contribution in [2.45, 2.75) is 39.5 Å². The minimum Gasteiger partial charge on any atom is -0.340 e. The Morgan fingerprint density at radius 3 is 2.20 bits per heavy atom. The van der Waals surface area contributed by atoms with E-state index in [0.29, 0.717) is 30.1 Å². The smallest absolute Gasteiger partial charge is 0.289 e. The first-order chi connectivity index (χ1) is 12.0. The maximum absolute atomic E-state index is 12.8. The molecular formula is C19H28N4O2. The average Bonchev–Trinajstić information content (AvgIpc) is 3.02. The molecule has 2 heterocycles. The number of hydrogen-bond donors (Lipinski definition) is 0. The minimum absolute atomic E-state index is 0.146. The fourth-order valence-electron chi connectivity index (χ4n) is 2.69. The normalized spacial score (nSPS) is 10.9. The van der Waals surface area contributed by atoms with E-state index in [-0.39, 0.29) is 11.8 Å². The second-order valence-electron chi connectivity index (χ2n) is 6.40. The summed E-state index contributed by atoms with van der Waals surface area (Å²) in [5, 5.41) is 0. The first kappa shape index (κ1) is 19.0. The Morgan fingerprint density at radius 2 is 1.60 bits per heavy atom. The highest BCUT2D eigenvalue weighted by Gasteiger charge is 2.24. The van der Waals surface area contributed by atoms with Gasteiger partial charge in [-0.05, 0) is 25.0 Å². The van der Waals surface area contributed by atoms with Crippen molar-refractivity contribution in [3.63, 3.8) is 0 Å². The van der Waals surface area contributed by atoms with Gasteiger partial charge >= 0.3 is 0 Å². The zero-order valence-corrected chi connectivity index (χ0v) is 15.7. The second-order valence-corrected chi connectivity index (χ2v) is 6.40. The number of amides is 2. The maximum atomic E-state index is 12.8. The third-order valence-corrected chi connectivity index (χ3v) is 4.33. The Kier molecular flexibility index (Phi) is 6.56. The molecule has 0 bridgehead atoms. The van der Waals surface area contributed by atoms with Gasteiger partial charge in [0.05, 0.1) is 5.52 Å². The zero-order chi connectivity index (χ0) is 18.4. The van der Waals surface area contributed by atoms with Crippen molar-refractivity contribution in [2.24, 2.45) is 0 Å². The Labute approximate surface area is 149 Å². The first-order valence-corrected chi connectivity index (χ1v) is 8.99. The van der Waals surface area contributed by atoms with Crippen molar-refractivity contribution in [2.75, 3.05) is 27.2 Å². The summed E-state index contributed by atoms with van der Waals surface area (Å²) in [5.74, 6) is -0.0150. The standard InChI is InChI=1S/C19H28N4O2/c1-5-7-12-21(3)18(24)16-15-11-9-10-14-23(15)17(20-16)19(25)22(4)13-8-6-2/h9-11,14H,5-8,12-13H2,1-4H3. The van der Waals surface area contributed by atoms with E-state index in [0.717, 1.165) is 25.7 Å². The van der Waals surface area contributed by atoms with Gasteiger partial charge in [-0.2, -0.15) is 0 Å². The quantitative estimate of drug-likeness (QED) is 0.739. The van der Waals surface area contributed by atoms with Gasteiger partial charge in [-0.3, -0.25) is 14.0 Å². The predicted molar refractivity (Wildman–Crippen MR) is 98.9 cm³/mol. The van der Waals surface area contributed by atoms with Crippen LogP contribution in [0.5, 0.6) is 0 Å². The second kappa shape index (κ2) is 8.65. The molecule has 6 nitrogen and oxygen atoms in total. The highest BCUT2D eigenvalue weighted by molar-refractivity contribution is 6.02. The van der Waals surface area contributed by atoms with Gasteiger partial charge in [0.25, 0.3) is 11.8 Å². The molecule has 6 heteroatoms. The molecule has 136 valence electrons. The monoisotopic (exact) mass is 344 g/mol. The number of carbonyl (C=O) groups excluding carboxylic acids is 2. The van der Waals surface area contributed by atoms with Gasteiger partial charge in [0.1, 0.15) is 0 Å². The molecule has 2 rings (SSSR count). The van der Waals surface area contributed by atoms with Crippen LogP contribution in [-0.2, 0) is 0 Å². The lowest BCUT2D eigenvalue weighted by Crippen LogP contribution is -2.30. The predicted octanol–water partition coefficient (Wildman–Crippen LogP) is 3.08. The zero-order valence-electron chi connectivity index (χ0n) is 15.7. The summed E-state index contributed by atoms with van der Waals surface area (Å²) in [6, 6.07) is 5.53. The van der Waals surface area contributed by atoms with E-state index >= 15 is 0 Å². The van der Waals surface area contributed by atoms with Crippen LogP contribution in [0.15, 0.2) is 24.4 Å². The third kappa shape index (κ3) is 4.18. The molecule has 0 unspecified atom stereocenters. The molecule has 0 aromatic carbocycles. The molecule has 0 radical (unpaired) electrons. The minimum atomic E-state index is -0.162. The SMILES string of the molecule is CCCCN(C)C(=O)c1nc(C(=O)N(C)CCCC)n2ccccc12. The van der Waals surface area contributed by atoms with Gasteiger partial charge < -0.3 is 9.80 Å². The number of pyridine rings is 1. The van der Waals surface area contributed by atoms with Crippen molar-refractivity contribution in [3.8, 4) is 0 Å². The lowest BCUT2D eigenvalue weighted by atomic mass is 10.2. The summed E-state index contributed by atoms with van der Waals surface area (Å²) in [6.45, 7) is 5.54. The van der Waals surface area contributed by atoms with Crippen LogP contribution < -0.4 is 0 Å². The highest BCUT2D eigenvalue weighted by atomic mass is 16.2. The summed E-state index contributed by atoms with van der Waals surface area (Å²) < 4.78 is 1.71. The molecular weight excluding hydrogens is 316 g/mol. The van der Waals surface area contributed by atoms with E-state index in [2.05, 4.69) is 18.8 Å². The van der Waals surface area contributed by atoms with E-state index in [1.165, 1.54) is 0 Å². The van der Waals surface area contributed by atoms with E-state index in [1.54, 1.807) is 34.5 Å². The number of rotatable bonds is 8. The molecule has 0 N–H and O–H groups in total. The Bertz CT molecular complexity index is 678. The van der Waals surface area contributed by atoms with Crippen LogP contribution >= 0.6 is 0 Å². The van der Waals surface area contributed by atoms with E-state index in [9.17, 15) is 9.59 Å². The molecule has 0 spiro atoms. The highest BCUT2D eigenvalue weighted by Crippen LogP contribution is 2.16. The molecule has 0 fully saturated rings. The lowest BCUT2D eigenvalue weighted by molar-refractivity contribution is 0.0779. The van der Waals surface area contributed by atoms with Crippen LogP contribution in [0.2, 0.25) is 0 Å². The molecule has 0 aliphatic rings. The number of carbonyl (C=O) groups is 2. The first-order valence-electron chi connectivity index (χ1n) is 8.99. The van der Waals surface area contributed by atoms with Gasteiger partial charge in [-0.1, -0.05) is 32.8 Å². The van der Waals surface area contributed by atoms with Crippen LogP contribution in [-0.4, -0.2) is 58.2 Å². The van der Waals surface area contributed by atoms with E-state index in [1.807, 2.05) is 18.2 Å². The Balaban J connectivity index is 2.37. The molecule has 25 heavy (non-hydrogen) atoms. The summed E-state index contributed by atoms with van der Waals surface area (Å²) in [4.78, 5) is 33.3. The molecule has 2 aromatic rings. The topological polar surface area (TPSA) is 57.9 Å². The van der Waals surface area contributed by atoms with E-state index in [4.69, 9.17) is 0 Å². The number of nitrogens with zero attached hydrogens (tertiary/aromatic N) is 4. The van der Waals surface area contributed by atoms with Crippen molar-refractivity contribution >= 4 is 17.3 Å². The van der Waals surface area contributed by atoms with Gasteiger partial charge in [-0.25, -0.2) is 4.98 Å². The Morgan fingerprint density at radius 1 is 1.00 bits per heavy atom. The molecule has 2 aromatic heterocycles. The molecule has 0 atom stereocenters. The lowest BCUT2D eigenvalue weighted by Gasteiger charge is -2.15. The molecule has 2 amide bonds. The van der Waals surface area contributed by atoms with Gasteiger partial charge in [0.15, 0.2) is 5.69 Å². The van der Waals surface area contributed by atoms with E-state index < -0.39 is 0 Å². The summed E-state index contributed by atoms with van der Waals surface area (Å²) in [5.41, 5.74) is 1.01. The fourth-order valence-corrected chi connectivity index (χ4v) is 2.69. The average molecular weight is 344 g/mol. The maximum Gasteiger partial charge on any atom is 0.289 e. The molecule has 0 saturated carbocycles. The van der Waals surface area contributed by atoms with Crippen molar-refractivity contribution < 1.29 is 9.59 Å². The summed E-state index contributed by atoms with van der Waals surface area (Å²) >= 11 is 0. The number of fused-ring (bicyclic) bond motifs is 1. The fraction of sp³-hybridized carbons (Fsp3) is 0.526. The Hall–Kier alpha value is -2.37. The van der Waals surface area contributed by atoms with Gasteiger partial charge in [0, 0.05) is 33.4 Å². The van der Waals surface area contributed by atoms with Crippen molar-refractivity contribution in [3.05, 3.63) is 35.9 Å². The van der Waals surface area contributed by atoms with Crippen LogP contribution in [0.1, 0.15) is 60.6 Å². The van der Waals surface area contributed by atoms with Gasteiger partial charge in [0.2, 0.25) is 5.82 Å². The third-order valence-electron chi connectivity index (χ3n) is 4.33. The van der Waals surface area contributed by atoms with Crippen molar-refractivity contribution in [1.29, 1.82) is 0 Å². The number of imidazole rings is 1. The van der Waals surface area contributed by atoms with Crippen molar-refractivity contribution in [1.82, 2.24) is 19.2 Å². The van der Waals surface area contributed by atoms with Crippen LogP contribution in [0.3, 0.4) is 0 Å². The molecule has 0 aliphatic carbocycles. The van der Waals surface area contributed by atoms with Gasteiger partial charge in [-0.15, -0.1) is 0 Å². The van der Waals surface area contributed by atoms with Crippen LogP contribution in [0, 0.1) is 0 Å². The number of unbranched alkanes of at least 4 members (excludes halogenated alkanes) is 2. The summed E-state index contributed by atoms with van der Waals surface area (Å²) in [6.07, 6.45) is 5.71. The number of hydrogen-bond acceptors (Lipinski definition) is 3. The number of aromatic nitrogens is 2. The van der Waals surface area contributed by atoms with Crippen LogP contribution in [0.25, 0.3) is 5.52 Å². The summed E-state index contributed by atoms with van der Waals surface area (Å²) in [7, 11) is 3.55. The molecule has 0 aliphatic heterocycles. The van der Waals surface area contributed by atoms with Crippen LogP contribution in [0.4, 0.5) is 0 Å². The largest absolute Gasteiger partial charge is 0.340 e. The molecule has 0 saturated heterocycles.